The highest BCUT2D eigenvalue weighted by atomic mass is 127. The van der Waals surface area contributed by atoms with Gasteiger partial charge in [0.25, 0.3) is 0 Å². The van der Waals surface area contributed by atoms with Gasteiger partial charge >= 0.3 is 0 Å². The predicted molar refractivity (Wildman–Crippen MR) is 61.8 cm³/mol. The Balaban J connectivity index is 4.16. The number of halogens is 1. The fourth-order valence-corrected chi connectivity index (χ4v) is 5.36. The van der Waals surface area contributed by atoms with Crippen LogP contribution in [-0.4, -0.2) is 12.2 Å². The van der Waals surface area contributed by atoms with E-state index in [4.69, 9.17) is 4.74 Å². The van der Waals surface area contributed by atoms with Gasteiger partial charge < -0.3 is 4.74 Å². The normalized spacial score (nSPS) is 12.4. The lowest BCUT2D eigenvalue weighted by atomic mass is 10.2. The van der Waals surface area contributed by atoms with E-state index in [0.29, 0.717) is 0 Å². The molecular weight excluding hydrogens is 267 g/mol. The summed E-state index contributed by atoms with van der Waals surface area (Å²) in [4.78, 5) is 0. The van der Waals surface area contributed by atoms with Crippen LogP contribution in [0.4, 0.5) is 0 Å². The Labute approximate surface area is 84.6 Å². The second-order valence-electron chi connectivity index (χ2n) is 2.83. The minimum Gasteiger partial charge on any atom is -0.496 e. The smallest absolute Gasteiger partial charge is 0.145 e. The van der Waals surface area contributed by atoms with Gasteiger partial charge in [-0.1, -0.05) is 20.4 Å². The molecule has 3 heteroatoms. The van der Waals surface area contributed by atoms with Crippen LogP contribution in [0.15, 0.2) is 12.3 Å². The summed E-state index contributed by atoms with van der Waals surface area (Å²) in [6.45, 7) is 10.1. The zero-order valence-corrected chi connectivity index (χ0v) is 11.2. The first kappa shape index (κ1) is 11.5. The van der Waals surface area contributed by atoms with Gasteiger partial charge in [-0.2, -0.15) is 0 Å². The van der Waals surface area contributed by atoms with Crippen LogP contribution in [0.5, 0.6) is 0 Å². The molecule has 0 N–H and O–H groups in total. The minimum atomic E-state index is -0.135. The van der Waals surface area contributed by atoms with Crippen molar-refractivity contribution in [3.8, 4) is 0 Å². The topological polar surface area (TPSA) is 9.23 Å². The van der Waals surface area contributed by atoms with Crippen LogP contribution >= 0.6 is 21.8 Å². The largest absolute Gasteiger partial charge is 0.496 e. The highest BCUT2D eigenvalue weighted by Crippen LogP contribution is 2.23. The maximum Gasteiger partial charge on any atom is 0.145 e. The van der Waals surface area contributed by atoms with E-state index in [9.17, 15) is 0 Å². The lowest BCUT2D eigenvalue weighted by Gasteiger charge is -2.30. The molecule has 11 heavy (non-hydrogen) atoms. The van der Waals surface area contributed by atoms with Crippen LogP contribution in [-0.2, 0) is 4.74 Å². The third kappa shape index (κ3) is 3.60. The first-order chi connectivity index (χ1) is 5.10. The molecule has 66 valence electrons. The highest BCUT2D eigenvalue weighted by Gasteiger charge is 2.26. The maximum atomic E-state index is 5.75. The summed E-state index contributed by atoms with van der Waals surface area (Å²) in [5.41, 5.74) is 0. The van der Waals surface area contributed by atoms with Crippen molar-refractivity contribution >= 4 is 28.8 Å². The molecule has 0 fully saturated rings. The molecule has 1 nitrogen and oxygen atoms in total. The van der Waals surface area contributed by atoms with Gasteiger partial charge in [-0.05, 0) is 19.8 Å². The fraction of sp³-hybridized carbons (Fsp3) is 0.750. The van der Waals surface area contributed by atoms with E-state index in [1.807, 2.05) is 6.92 Å². The van der Waals surface area contributed by atoms with Gasteiger partial charge in [0, 0.05) is 0 Å². The van der Waals surface area contributed by atoms with Gasteiger partial charge in [0.05, 0.1) is 5.76 Å². The number of hydrogen-bond donors (Lipinski definition) is 0. The molecule has 0 atom stereocenters. The van der Waals surface area contributed by atoms with Crippen molar-refractivity contribution in [3.63, 3.8) is 0 Å². The summed E-state index contributed by atoms with van der Waals surface area (Å²) in [6, 6.07) is 0. The van der Waals surface area contributed by atoms with E-state index in [1.54, 1.807) is 0 Å². The predicted octanol–water partition coefficient (Wildman–Crippen LogP) is 2.57. The molecule has 0 aliphatic heterocycles. The number of allylic oxidation sites excluding steroid dienone is 1. The van der Waals surface area contributed by atoms with Gasteiger partial charge in [-0.15, -0.1) is 21.8 Å². The van der Waals surface area contributed by atoms with Crippen LogP contribution in [0.25, 0.3) is 0 Å². The summed E-state index contributed by atoms with van der Waals surface area (Å²) >= 11 is 2.51. The molecule has 0 aromatic rings. The number of rotatable bonds is 5. The van der Waals surface area contributed by atoms with Crippen molar-refractivity contribution in [1.82, 2.24) is 0 Å². The Morgan fingerprint density at radius 2 is 2.00 bits per heavy atom. The SMILES string of the molecule is C=C(C)OC(CC)(CC)[SiH2]I. The van der Waals surface area contributed by atoms with Gasteiger partial charge in [0.2, 0.25) is 0 Å². The van der Waals surface area contributed by atoms with E-state index in [1.165, 1.54) is 0 Å². The van der Waals surface area contributed by atoms with E-state index in [0.717, 1.165) is 18.6 Å². The number of ether oxygens (including phenoxy) is 1. The zero-order valence-electron chi connectivity index (χ0n) is 7.61. The molecule has 0 saturated carbocycles. The molecule has 0 unspecified atom stereocenters. The molecule has 0 amide bonds. The lowest BCUT2D eigenvalue weighted by molar-refractivity contribution is 0.0706. The summed E-state index contributed by atoms with van der Waals surface area (Å²) in [7, 11) is -0.135. The van der Waals surface area contributed by atoms with Crippen LogP contribution < -0.4 is 0 Å². The van der Waals surface area contributed by atoms with Crippen LogP contribution in [0, 0.1) is 0 Å². The minimum absolute atomic E-state index is 0.135. The Morgan fingerprint density at radius 1 is 1.55 bits per heavy atom. The number of hydrogen-bond acceptors (Lipinski definition) is 1. The molecule has 0 heterocycles. The second kappa shape index (κ2) is 5.19. The Morgan fingerprint density at radius 3 is 2.09 bits per heavy atom. The molecule has 0 spiro atoms. The monoisotopic (exact) mass is 284 g/mol. The van der Waals surface area contributed by atoms with E-state index in [-0.39, 0.29) is 12.2 Å². The first-order valence-corrected chi connectivity index (χ1v) is 9.82. The van der Waals surface area contributed by atoms with Crippen molar-refractivity contribution in [3.05, 3.63) is 12.3 Å². The van der Waals surface area contributed by atoms with Crippen molar-refractivity contribution < 1.29 is 4.74 Å². The van der Waals surface area contributed by atoms with Gasteiger partial charge in [-0.25, -0.2) is 0 Å². The highest BCUT2D eigenvalue weighted by molar-refractivity contribution is 14.1. The van der Waals surface area contributed by atoms with Crippen molar-refractivity contribution in [2.24, 2.45) is 0 Å². The fourth-order valence-electron chi connectivity index (χ4n) is 0.980. The van der Waals surface area contributed by atoms with Gasteiger partial charge in [-0.3, -0.25) is 0 Å². The van der Waals surface area contributed by atoms with Gasteiger partial charge in [0.15, 0.2) is 0 Å². The third-order valence-corrected chi connectivity index (χ3v) is 7.72. The van der Waals surface area contributed by atoms with Crippen LogP contribution in [0.3, 0.4) is 0 Å². The first-order valence-electron chi connectivity index (χ1n) is 4.00. The maximum absolute atomic E-state index is 5.75. The van der Waals surface area contributed by atoms with E-state index in [2.05, 4.69) is 42.2 Å². The molecule has 0 aliphatic carbocycles. The molecule has 0 rings (SSSR count). The average Bonchev–Trinajstić information content (AvgIpc) is 2.00. The van der Waals surface area contributed by atoms with Crippen molar-refractivity contribution in [2.45, 2.75) is 38.8 Å². The Hall–Kier alpha value is 0.487. The molecule has 0 bridgehead atoms. The molecule has 0 aromatic heterocycles. The Kier molecular flexibility index (Phi) is 5.42. The molecule has 0 saturated heterocycles. The summed E-state index contributed by atoms with van der Waals surface area (Å²) in [6.07, 6.45) is 2.23. The van der Waals surface area contributed by atoms with Crippen LogP contribution in [0.2, 0.25) is 0 Å². The summed E-state index contributed by atoms with van der Waals surface area (Å²) in [5, 5.41) is 0.173. The standard InChI is InChI=1S/C8H17IOSi/c1-5-8(6-2,11-9)10-7(3)4/h3,5-6,11H2,1-2,4H3. The van der Waals surface area contributed by atoms with E-state index < -0.39 is 0 Å². The molecule has 0 aromatic carbocycles. The van der Waals surface area contributed by atoms with Crippen LogP contribution in [0.1, 0.15) is 33.6 Å². The summed E-state index contributed by atoms with van der Waals surface area (Å²) in [5.74, 6) is 0.859. The average molecular weight is 284 g/mol. The lowest BCUT2D eigenvalue weighted by Crippen LogP contribution is -2.34. The Bertz CT molecular complexity index is 124. The molecule has 0 aliphatic rings. The quantitative estimate of drug-likeness (QED) is 0.326. The molecular formula is C8H17IOSi. The molecule has 0 radical (unpaired) electrons. The third-order valence-electron chi connectivity index (χ3n) is 1.92. The second-order valence-corrected chi connectivity index (χ2v) is 6.67. The van der Waals surface area contributed by atoms with Gasteiger partial charge in [0.1, 0.15) is 12.2 Å². The van der Waals surface area contributed by atoms with Crippen molar-refractivity contribution in [2.75, 3.05) is 0 Å². The summed E-state index contributed by atoms with van der Waals surface area (Å²) < 4.78 is 5.75. The van der Waals surface area contributed by atoms with Crippen molar-refractivity contribution in [1.29, 1.82) is 0 Å². The van der Waals surface area contributed by atoms with E-state index >= 15 is 0 Å². The zero-order chi connectivity index (χ0) is 8.91.